The molecule has 1 heterocycles. The van der Waals surface area contributed by atoms with Crippen molar-refractivity contribution in [2.24, 2.45) is 11.8 Å². The molecule has 2 fully saturated rings. The molecule has 2 atom stereocenters. The van der Waals surface area contributed by atoms with Crippen molar-refractivity contribution >= 4 is 23.6 Å². The molecule has 7 nitrogen and oxygen atoms in total. The van der Waals surface area contributed by atoms with Crippen molar-refractivity contribution in [1.29, 1.82) is 0 Å². The summed E-state index contributed by atoms with van der Waals surface area (Å²) in [6.07, 6.45) is 1.70. The second-order valence-electron chi connectivity index (χ2n) is 7.73. The Hall–Kier alpha value is -2.57. The molecule has 2 unspecified atom stereocenters. The molecule has 1 aromatic carbocycles. The highest BCUT2D eigenvalue weighted by atomic mass is 16.6. The van der Waals surface area contributed by atoms with E-state index in [-0.39, 0.29) is 35.8 Å². The largest absolute Gasteiger partial charge is 0.450 e. The first-order chi connectivity index (χ1) is 13.4. The molecular formula is C21H29N3O4. The maximum atomic E-state index is 12.5. The van der Waals surface area contributed by atoms with Crippen LogP contribution in [0.1, 0.15) is 37.3 Å². The zero-order valence-electron chi connectivity index (χ0n) is 16.8. The number of piperidine rings is 1. The lowest BCUT2D eigenvalue weighted by Gasteiger charge is -2.31. The number of nitrogens with one attached hydrogen (secondary N) is 2. The average Bonchev–Trinajstić information content (AvgIpc) is 3.46. The Morgan fingerprint density at radius 1 is 1.11 bits per heavy atom. The minimum Gasteiger partial charge on any atom is -0.450 e. The number of hydrogen-bond acceptors (Lipinski definition) is 4. The number of aryl methyl sites for hydroxylation is 2. The van der Waals surface area contributed by atoms with Crippen LogP contribution in [0.3, 0.4) is 0 Å². The van der Waals surface area contributed by atoms with E-state index in [1.54, 1.807) is 11.8 Å². The van der Waals surface area contributed by atoms with Gasteiger partial charge in [0.15, 0.2) is 0 Å². The number of carbonyl (C=O) groups excluding carboxylic acids is 3. The normalized spacial score (nSPS) is 21.8. The number of nitrogens with zero attached hydrogens (tertiary/aromatic N) is 1. The number of benzene rings is 1. The van der Waals surface area contributed by atoms with E-state index in [1.165, 1.54) is 0 Å². The predicted octanol–water partition coefficient (Wildman–Crippen LogP) is 2.62. The number of ether oxygens (including phenoxy) is 1. The van der Waals surface area contributed by atoms with E-state index in [0.29, 0.717) is 39.0 Å². The first-order valence-corrected chi connectivity index (χ1v) is 9.99. The highest BCUT2D eigenvalue weighted by Gasteiger charge is 2.48. The fourth-order valence-electron chi connectivity index (χ4n) is 3.68. The van der Waals surface area contributed by atoms with Gasteiger partial charge in [0.1, 0.15) is 0 Å². The van der Waals surface area contributed by atoms with Crippen LogP contribution in [0.2, 0.25) is 0 Å². The van der Waals surface area contributed by atoms with Crippen molar-refractivity contribution < 1.29 is 19.1 Å². The monoisotopic (exact) mass is 387 g/mol. The molecule has 1 saturated heterocycles. The number of likely N-dealkylation sites (tertiary alicyclic amines) is 1. The Morgan fingerprint density at radius 3 is 2.43 bits per heavy atom. The third-order valence-electron chi connectivity index (χ3n) is 5.47. The first-order valence-electron chi connectivity index (χ1n) is 9.99. The van der Waals surface area contributed by atoms with Gasteiger partial charge in [-0.15, -0.1) is 0 Å². The van der Waals surface area contributed by atoms with Gasteiger partial charge in [-0.3, -0.25) is 9.59 Å². The van der Waals surface area contributed by atoms with E-state index in [0.717, 1.165) is 16.8 Å². The highest BCUT2D eigenvalue weighted by molar-refractivity contribution is 6.00. The molecule has 1 saturated carbocycles. The molecule has 3 rings (SSSR count). The molecule has 1 aliphatic heterocycles. The van der Waals surface area contributed by atoms with Gasteiger partial charge in [0.05, 0.1) is 18.4 Å². The van der Waals surface area contributed by atoms with Crippen LogP contribution >= 0.6 is 0 Å². The molecule has 1 aromatic rings. The summed E-state index contributed by atoms with van der Waals surface area (Å²) in [5, 5.41) is 5.98. The van der Waals surface area contributed by atoms with Crippen LogP contribution in [0.15, 0.2) is 18.2 Å². The molecule has 2 aliphatic rings. The number of anilines is 1. The average molecular weight is 387 g/mol. The van der Waals surface area contributed by atoms with Gasteiger partial charge in [0.25, 0.3) is 0 Å². The minimum absolute atomic E-state index is 0.0434. The van der Waals surface area contributed by atoms with Crippen molar-refractivity contribution in [2.45, 2.75) is 46.1 Å². The number of carbonyl (C=O) groups is 3. The molecular weight excluding hydrogens is 358 g/mol. The Bertz CT molecular complexity index is 756. The predicted molar refractivity (Wildman–Crippen MR) is 106 cm³/mol. The van der Waals surface area contributed by atoms with Crippen LogP contribution in [0, 0.1) is 25.7 Å². The van der Waals surface area contributed by atoms with Crippen molar-refractivity contribution in [2.75, 3.05) is 25.0 Å². The van der Waals surface area contributed by atoms with Crippen molar-refractivity contribution in [1.82, 2.24) is 10.2 Å². The van der Waals surface area contributed by atoms with Gasteiger partial charge >= 0.3 is 6.09 Å². The van der Waals surface area contributed by atoms with Gasteiger partial charge in [-0.1, -0.05) is 17.7 Å². The Labute approximate surface area is 165 Å². The van der Waals surface area contributed by atoms with Gasteiger partial charge in [0, 0.05) is 24.8 Å². The summed E-state index contributed by atoms with van der Waals surface area (Å²) in [6.45, 7) is 7.27. The summed E-state index contributed by atoms with van der Waals surface area (Å²) in [4.78, 5) is 38.3. The SMILES string of the molecule is CCOC(=O)N1CCC(NC(=O)C2CC2C(=O)Nc2ccc(C)cc2C)CC1. The molecule has 1 aliphatic carbocycles. The molecule has 7 heteroatoms. The maximum Gasteiger partial charge on any atom is 0.409 e. The van der Waals surface area contributed by atoms with Crippen LogP contribution in [-0.2, 0) is 14.3 Å². The zero-order valence-corrected chi connectivity index (χ0v) is 16.8. The smallest absolute Gasteiger partial charge is 0.409 e. The molecule has 152 valence electrons. The van der Waals surface area contributed by atoms with Crippen LogP contribution < -0.4 is 10.6 Å². The maximum absolute atomic E-state index is 12.5. The molecule has 2 N–H and O–H groups in total. The van der Waals surface area contributed by atoms with Crippen LogP contribution in [0.4, 0.5) is 10.5 Å². The van der Waals surface area contributed by atoms with E-state index in [9.17, 15) is 14.4 Å². The lowest BCUT2D eigenvalue weighted by Crippen LogP contribution is -2.47. The minimum atomic E-state index is -0.294. The topological polar surface area (TPSA) is 87.7 Å². The first kappa shape index (κ1) is 20.2. The van der Waals surface area contributed by atoms with E-state index < -0.39 is 0 Å². The van der Waals surface area contributed by atoms with Gasteiger partial charge in [0.2, 0.25) is 11.8 Å². The number of hydrogen-bond donors (Lipinski definition) is 2. The fourth-order valence-corrected chi connectivity index (χ4v) is 3.68. The lowest BCUT2D eigenvalue weighted by atomic mass is 10.0. The van der Waals surface area contributed by atoms with Crippen molar-refractivity contribution in [3.05, 3.63) is 29.3 Å². The summed E-state index contributed by atoms with van der Waals surface area (Å²) in [7, 11) is 0. The molecule has 0 bridgehead atoms. The van der Waals surface area contributed by atoms with Gasteiger partial charge in [-0.05, 0) is 51.7 Å². The third kappa shape index (κ3) is 4.82. The summed E-state index contributed by atoms with van der Waals surface area (Å²) < 4.78 is 5.01. The van der Waals surface area contributed by atoms with Crippen molar-refractivity contribution in [3.63, 3.8) is 0 Å². The standard InChI is InChI=1S/C21H29N3O4/c1-4-28-21(27)24-9-7-15(8-10-24)22-19(25)16-12-17(16)20(26)23-18-6-5-13(2)11-14(18)3/h5-6,11,15-17H,4,7-10,12H2,1-3H3,(H,22,25)(H,23,26). The van der Waals surface area contributed by atoms with Crippen LogP contribution in [0.25, 0.3) is 0 Å². The van der Waals surface area contributed by atoms with E-state index in [4.69, 9.17) is 4.74 Å². The van der Waals surface area contributed by atoms with E-state index >= 15 is 0 Å². The second kappa shape index (κ2) is 8.63. The number of amides is 3. The lowest BCUT2D eigenvalue weighted by molar-refractivity contribution is -0.126. The highest BCUT2D eigenvalue weighted by Crippen LogP contribution is 2.40. The quantitative estimate of drug-likeness (QED) is 0.813. The Kier molecular flexibility index (Phi) is 6.21. The third-order valence-corrected chi connectivity index (χ3v) is 5.47. The zero-order chi connectivity index (χ0) is 20.3. The Balaban J connectivity index is 1.43. The van der Waals surface area contributed by atoms with Crippen LogP contribution in [-0.4, -0.2) is 48.5 Å². The molecule has 28 heavy (non-hydrogen) atoms. The number of rotatable bonds is 5. The summed E-state index contributed by atoms with van der Waals surface area (Å²) in [5.74, 6) is -0.672. The van der Waals surface area contributed by atoms with Crippen molar-refractivity contribution in [3.8, 4) is 0 Å². The van der Waals surface area contributed by atoms with Gasteiger partial charge < -0.3 is 20.3 Å². The second-order valence-corrected chi connectivity index (χ2v) is 7.73. The summed E-state index contributed by atoms with van der Waals surface area (Å²) in [6, 6.07) is 5.93. The van der Waals surface area contributed by atoms with Gasteiger partial charge in [-0.2, -0.15) is 0 Å². The van der Waals surface area contributed by atoms with Gasteiger partial charge in [-0.25, -0.2) is 4.79 Å². The summed E-state index contributed by atoms with van der Waals surface area (Å²) in [5.41, 5.74) is 2.96. The molecule has 0 aromatic heterocycles. The van der Waals surface area contributed by atoms with Crippen LogP contribution in [0.5, 0.6) is 0 Å². The fraction of sp³-hybridized carbons (Fsp3) is 0.571. The summed E-state index contributed by atoms with van der Waals surface area (Å²) >= 11 is 0. The molecule has 0 spiro atoms. The molecule has 3 amide bonds. The van der Waals surface area contributed by atoms with E-state index in [2.05, 4.69) is 10.6 Å². The Morgan fingerprint density at radius 2 is 1.79 bits per heavy atom. The molecule has 0 radical (unpaired) electrons. The van der Waals surface area contributed by atoms with E-state index in [1.807, 2.05) is 32.0 Å².